The molecule has 276 valence electrons. The van der Waals surface area contributed by atoms with Gasteiger partial charge in [0.2, 0.25) is 0 Å². The number of methoxy groups -OCH3 is 1. The molecule has 1 aromatic rings. The number of benzene rings is 1. The molecule has 8 nitrogen and oxygen atoms in total. The summed E-state index contributed by atoms with van der Waals surface area (Å²) in [5.41, 5.74) is 1.66. The molecule has 3 fully saturated rings. The minimum absolute atomic E-state index is 0.0147. The normalized spacial score (nSPS) is 31.6. The molecule has 0 bridgehead atoms. The predicted molar refractivity (Wildman–Crippen MR) is 193 cm³/mol. The lowest BCUT2D eigenvalue weighted by Gasteiger charge is -2.38. The van der Waals surface area contributed by atoms with Gasteiger partial charge in [0, 0.05) is 19.4 Å². The van der Waals surface area contributed by atoms with Gasteiger partial charge in [0.15, 0.2) is 9.84 Å². The summed E-state index contributed by atoms with van der Waals surface area (Å²) < 4.78 is 58.6. The molecule has 4 rings (SSSR count). The Balaban J connectivity index is 1.37. The van der Waals surface area contributed by atoms with Crippen LogP contribution in [0.4, 0.5) is 0 Å². The lowest BCUT2D eigenvalue weighted by Crippen LogP contribution is -2.40. The fourth-order valence-corrected chi connectivity index (χ4v) is 9.17. The zero-order chi connectivity index (χ0) is 35.9. The van der Waals surface area contributed by atoms with Crippen LogP contribution in [0, 0.1) is 23.2 Å². The first-order valence-corrected chi connectivity index (χ1v) is 20.1. The Kier molecular flexibility index (Phi) is 14.2. The van der Waals surface area contributed by atoms with E-state index in [9.17, 15) is 13.2 Å². The van der Waals surface area contributed by atoms with Crippen LogP contribution in [-0.2, 0) is 38.3 Å². The second-order valence-corrected chi connectivity index (χ2v) is 17.9. The summed E-state index contributed by atoms with van der Waals surface area (Å²) in [6.07, 6.45) is 6.33. The molecule has 0 spiro atoms. The van der Waals surface area contributed by atoms with Crippen LogP contribution < -0.4 is 0 Å². The van der Waals surface area contributed by atoms with Crippen molar-refractivity contribution >= 4 is 15.8 Å². The highest BCUT2D eigenvalue weighted by Crippen LogP contribution is 2.41. The molecular formula is C40H62O8S. The SMILES string of the molecule is C=C1C[C@H](CCCOC(=O)C(C)(C)C)O[C@H]1CC[C@H]1C[C@@H](C)C(=C)[C@@H](C[C@@H]2O[C@H](C[C@H](C)CC)[C@H](OC)[C@H]2CS(=O)(=O)c2ccccc2)O1. The Morgan fingerprint density at radius 1 is 1.00 bits per heavy atom. The first-order valence-electron chi connectivity index (χ1n) is 18.4. The molecule has 9 heteroatoms. The van der Waals surface area contributed by atoms with Gasteiger partial charge in [0.25, 0.3) is 0 Å². The number of carbonyl (C=O) groups is 1. The van der Waals surface area contributed by atoms with Crippen molar-refractivity contribution in [3.63, 3.8) is 0 Å². The van der Waals surface area contributed by atoms with Crippen molar-refractivity contribution < 1.29 is 36.9 Å². The van der Waals surface area contributed by atoms with E-state index in [-0.39, 0.29) is 66.3 Å². The molecule has 0 N–H and O–H groups in total. The maximum absolute atomic E-state index is 13.6. The van der Waals surface area contributed by atoms with E-state index in [1.807, 2.05) is 26.8 Å². The van der Waals surface area contributed by atoms with Gasteiger partial charge >= 0.3 is 5.97 Å². The van der Waals surface area contributed by atoms with Crippen LogP contribution in [0.15, 0.2) is 59.5 Å². The zero-order valence-electron chi connectivity index (χ0n) is 31.0. The third kappa shape index (κ3) is 10.7. The number of carbonyl (C=O) groups excluding carboxylic acids is 1. The molecule has 0 aromatic heterocycles. The van der Waals surface area contributed by atoms with Crippen molar-refractivity contribution in [1.29, 1.82) is 0 Å². The number of hydrogen-bond donors (Lipinski definition) is 0. The Bertz CT molecular complexity index is 1350. The van der Waals surface area contributed by atoms with Crippen molar-refractivity contribution in [2.24, 2.45) is 23.2 Å². The fraction of sp³-hybridized carbons (Fsp3) is 0.725. The van der Waals surface area contributed by atoms with Crippen LogP contribution in [0.2, 0.25) is 0 Å². The second kappa shape index (κ2) is 17.5. The van der Waals surface area contributed by atoms with Gasteiger partial charge in [-0.15, -0.1) is 0 Å². The quantitative estimate of drug-likeness (QED) is 0.0975. The monoisotopic (exact) mass is 702 g/mol. The molecule has 1 aromatic carbocycles. The van der Waals surface area contributed by atoms with Gasteiger partial charge in [-0.05, 0) is 101 Å². The molecule has 0 saturated carbocycles. The predicted octanol–water partition coefficient (Wildman–Crippen LogP) is 7.90. The van der Waals surface area contributed by atoms with E-state index in [1.54, 1.807) is 31.4 Å². The average Bonchev–Trinajstić information content (AvgIpc) is 3.57. The molecule has 3 aliphatic rings. The van der Waals surface area contributed by atoms with Crippen LogP contribution in [0.3, 0.4) is 0 Å². The Hall–Kier alpha value is -2.04. The van der Waals surface area contributed by atoms with Crippen molar-refractivity contribution in [2.45, 2.75) is 147 Å². The number of sulfone groups is 1. The first kappa shape index (κ1) is 39.7. The molecular weight excluding hydrogens is 640 g/mol. The zero-order valence-corrected chi connectivity index (χ0v) is 31.8. The van der Waals surface area contributed by atoms with Gasteiger partial charge in [0.05, 0.1) is 65.4 Å². The highest BCUT2D eigenvalue weighted by molar-refractivity contribution is 7.91. The van der Waals surface area contributed by atoms with E-state index in [0.717, 1.165) is 62.5 Å². The Morgan fingerprint density at radius 3 is 2.35 bits per heavy atom. The summed E-state index contributed by atoms with van der Waals surface area (Å²) in [6, 6.07) is 8.66. The summed E-state index contributed by atoms with van der Waals surface area (Å²) in [5, 5.41) is 0. The fourth-order valence-electron chi connectivity index (χ4n) is 7.49. The van der Waals surface area contributed by atoms with Crippen molar-refractivity contribution in [2.75, 3.05) is 19.5 Å². The van der Waals surface area contributed by atoms with Gasteiger partial charge < -0.3 is 23.7 Å². The van der Waals surface area contributed by atoms with Gasteiger partial charge in [-0.1, -0.05) is 58.5 Å². The van der Waals surface area contributed by atoms with Gasteiger partial charge in [-0.3, -0.25) is 4.79 Å². The summed E-state index contributed by atoms with van der Waals surface area (Å²) in [4.78, 5) is 12.4. The van der Waals surface area contributed by atoms with E-state index in [0.29, 0.717) is 23.8 Å². The third-order valence-electron chi connectivity index (χ3n) is 10.8. The highest BCUT2D eigenvalue weighted by Gasteiger charge is 2.48. The number of esters is 1. The number of hydrogen-bond acceptors (Lipinski definition) is 8. The van der Waals surface area contributed by atoms with E-state index in [2.05, 4.69) is 33.9 Å². The molecule has 10 atom stereocenters. The minimum atomic E-state index is -3.57. The third-order valence-corrected chi connectivity index (χ3v) is 12.6. The van der Waals surface area contributed by atoms with Gasteiger partial charge in [-0.2, -0.15) is 0 Å². The van der Waals surface area contributed by atoms with Crippen LogP contribution in [0.5, 0.6) is 0 Å². The largest absolute Gasteiger partial charge is 0.465 e. The number of ether oxygens (including phenoxy) is 5. The Labute approximate surface area is 296 Å². The minimum Gasteiger partial charge on any atom is -0.465 e. The van der Waals surface area contributed by atoms with E-state index >= 15 is 0 Å². The van der Waals surface area contributed by atoms with Crippen LogP contribution in [0.1, 0.15) is 99.3 Å². The van der Waals surface area contributed by atoms with E-state index in [4.69, 9.17) is 23.7 Å². The molecule has 0 unspecified atom stereocenters. The molecule has 3 aliphatic heterocycles. The molecule has 0 radical (unpaired) electrons. The Morgan fingerprint density at radius 2 is 1.69 bits per heavy atom. The molecule has 0 amide bonds. The van der Waals surface area contributed by atoms with Crippen LogP contribution >= 0.6 is 0 Å². The summed E-state index contributed by atoms with van der Waals surface area (Å²) >= 11 is 0. The van der Waals surface area contributed by atoms with Crippen molar-refractivity contribution in [3.05, 3.63) is 54.6 Å². The van der Waals surface area contributed by atoms with Gasteiger partial charge in [-0.25, -0.2) is 8.42 Å². The highest BCUT2D eigenvalue weighted by atomic mass is 32.2. The lowest BCUT2D eigenvalue weighted by atomic mass is 9.83. The summed E-state index contributed by atoms with van der Waals surface area (Å²) in [7, 11) is -1.90. The number of rotatable bonds is 16. The van der Waals surface area contributed by atoms with Gasteiger partial charge in [0.1, 0.15) is 0 Å². The first-order chi connectivity index (χ1) is 23.1. The topological polar surface area (TPSA) is 97.4 Å². The summed E-state index contributed by atoms with van der Waals surface area (Å²) in [6.45, 7) is 21.3. The van der Waals surface area contributed by atoms with E-state index < -0.39 is 15.3 Å². The van der Waals surface area contributed by atoms with Crippen LogP contribution in [0.25, 0.3) is 0 Å². The lowest BCUT2D eigenvalue weighted by molar-refractivity contribution is -0.153. The molecule has 3 heterocycles. The smallest absolute Gasteiger partial charge is 0.311 e. The maximum atomic E-state index is 13.6. The molecule has 3 saturated heterocycles. The van der Waals surface area contributed by atoms with Crippen molar-refractivity contribution in [3.8, 4) is 0 Å². The molecule has 0 aliphatic carbocycles. The van der Waals surface area contributed by atoms with E-state index in [1.165, 1.54) is 0 Å². The van der Waals surface area contributed by atoms with Crippen LogP contribution in [-0.4, -0.2) is 76.6 Å². The average molecular weight is 703 g/mol. The summed E-state index contributed by atoms with van der Waals surface area (Å²) in [5.74, 6) is 0.136. The van der Waals surface area contributed by atoms with Crippen molar-refractivity contribution in [1.82, 2.24) is 0 Å². The standard InChI is InChI=1S/C40H62O8S/c1-10-26(2)21-37-38(44-9)33(25-49(42,43)32-16-12-11-13-17-32)36(48-37)24-35-29(5)27(3)22-31(47-35)18-19-34-28(4)23-30(46-34)15-14-20-45-39(41)40(6,7)8/h11-13,16-17,26-27,30-31,33-38H,4-5,10,14-15,18-25H2,1-3,6-9H3/t26-,27-,30+,31+,33+,34+,35-,36+,37-,38-/m1/s1. The maximum Gasteiger partial charge on any atom is 0.311 e. The molecule has 49 heavy (non-hydrogen) atoms. The second-order valence-electron chi connectivity index (χ2n) is 15.8.